The highest BCUT2D eigenvalue weighted by atomic mass is 16.2. The van der Waals surface area contributed by atoms with E-state index >= 15 is 0 Å². The smallest absolute Gasteiger partial charge is 0.270 e. The summed E-state index contributed by atoms with van der Waals surface area (Å²) in [6, 6.07) is 4.12. The molecule has 2 saturated heterocycles. The van der Waals surface area contributed by atoms with Crippen LogP contribution in [0.5, 0.6) is 0 Å². The number of hydrogen-bond donors (Lipinski definition) is 1. The predicted molar refractivity (Wildman–Crippen MR) is 86.7 cm³/mol. The van der Waals surface area contributed by atoms with Crippen LogP contribution in [0.25, 0.3) is 5.65 Å². The molecule has 0 aliphatic carbocycles. The van der Waals surface area contributed by atoms with Crippen LogP contribution in [0.1, 0.15) is 35.2 Å². The van der Waals surface area contributed by atoms with E-state index in [0.29, 0.717) is 5.65 Å². The molecule has 2 aromatic rings. The second-order valence-electron chi connectivity index (χ2n) is 6.50. The third-order valence-electron chi connectivity index (χ3n) is 4.98. The molecule has 0 saturated carbocycles. The molecule has 2 bridgehead atoms. The highest BCUT2D eigenvalue weighted by Gasteiger charge is 2.39. The van der Waals surface area contributed by atoms with Crippen molar-refractivity contribution in [1.82, 2.24) is 19.6 Å². The van der Waals surface area contributed by atoms with Crippen molar-refractivity contribution in [2.45, 2.75) is 38.3 Å². The van der Waals surface area contributed by atoms with Gasteiger partial charge in [0.2, 0.25) is 0 Å². The highest BCUT2D eigenvalue weighted by molar-refractivity contribution is 5.94. The van der Waals surface area contributed by atoms with Gasteiger partial charge in [0.15, 0.2) is 0 Å². The van der Waals surface area contributed by atoms with Gasteiger partial charge in [-0.2, -0.15) is 0 Å². The van der Waals surface area contributed by atoms with E-state index in [1.54, 1.807) is 6.20 Å². The first kappa shape index (κ1) is 14.4. The van der Waals surface area contributed by atoms with Gasteiger partial charge in [0.1, 0.15) is 11.2 Å². The van der Waals surface area contributed by atoms with Gasteiger partial charge in [-0.05, 0) is 50.4 Å². The molecule has 2 fully saturated rings. The van der Waals surface area contributed by atoms with Crippen molar-refractivity contribution in [2.24, 2.45) is 0 Å². The zero-order chi connectivity index (χ0) is 16.0. The van der Waals surface area contributed by atoms with E-state index in [-0.39, 0.29) is 29.1 Å². The average molecular weight is 312 g/mol. The van der Waals surface area contributed by atoms with E-state index in [1.165, 1.54) is 10.6 Å². The van der Waals surface area contributed by atoms with Crippen LogP contribution in [0.15, 0.2) is 29.3 Å². The van der Waals surface area contributed by atoms with E-state index in [9.17, 15) is 9.59 Å². The molecule has 2 aliphatic rings. The molecule has 2 unspecified atom stereocenters. The Bertz CT molecular complexity index is 815. The van der Waals surface area contributed by atoms with Crippen molar-refractivity contribution < 1.29 is 4.79 Å². The molecule has 1 amide bonds. The fraction of sp³-hybridized carbons (Fsp3) is 0.471. The summed E-state index contributed by atoms with van der Waals surface area (Å²) in [6.07, 6.45) is 6.11. The molecule has 23 heavy (non-hydrogen) atoms. The van der Waals surface area contributed by atoms with Crippen LogP contribution in [0, 0.1) is 6.92 Å². The highest BCUT2D eigenvalue weighted by Crippen LogP contribution is 2.29. The largest absolute Gasteiger partial charge is 0.331 e. The number of amides is 1. The summed E-state index contributed by atoms with van der Waals surface area (Å²) in [6.45, 7) is 3.69. The van der Waals surface area contributed by atoms with Crippen LogP contribution in [0.4, 0.5) is 0 Å². The average Bonchev–Trinajstić information content (AvgIpc) is 2.80. The molecule has 6 heteroatoms. The number of fused-ring (bicyclic) bond motifs is 3. The minimum atomic E-state index is -0.281. The quantitative estimate of drug-likeness (QED) is 0.852. The van der Waals surface area contributed by atoms with Crippen LogP contribution in [-0.4, -0.2) is 45.4 Å². The summed E-state index contributed by atoms with van der Waals surface area (Å²) in [5.74, 6) is -0.173. The number of carbonyl (C=O) groups is 1. The van der Waals surface area contributed by atoms with Crippen LogP contribution >= 0.6 is 0 Å². The van der Waals surface area contributed by atoms with Gasteiger partial charge in [0.05, 0.1) is 0 Å². The van der Waals surface area contributed by atoms with Gasteiger partial charge < -0.3 is 10.2 Å². The summed E-state index contributed by atoms with van der Waals surface area (Å²) in [4.78, 5) is 31.9. The Labute approximate surface area is 134 Å². The van der Waals surface area contributed by atoms with Crippen molar-refractivity contribution in [3.63, 3.8) is 0 Å². The Morgan fingerprint density at radius 1 is 1.30 bits per heavy atom. The van der Waals surface area contributed by atoms with Crippen LogP contribution in [0.3, 0.4) is 0 Å². The summed E-state index contributed by atoms with van der Waals surface area (Å²) >= 11 is 0. The number of carbonyl (C=O) groups excluding carboxylic acids is 1. The van der Waals surface area contributed by atoms with Gasteiger partial charge in [-0.25, -0.2) is 4.98 Å². The normalized spacial score (nSPS) is 24.0. The van der Waals surface area contributed by atoms with E-state index < -0.39 is 0 Å². The van der Waals surface area contributed by atoms with Crippen molar-refractivity contribution in [1.29, 1.82) is 0 Å². The third-order valence-corrected chi connectivity index (χ3v) is 4.98. The Morgan fingerprint density at radius 2 is 2.13 bits per heavy atom. The number of aryl methyl sites for hydroxylation is 1. The maximum absolute atomic E-state index is 13.0. The number of hydrogen-bond acceptors (Lipinski definition) is 4. The second kappa shape index (κ2) is 5.45. The first-order valence-corrected chi connectivity index (χ1v) is 8.16. The lowest BCUT2D eigenvalue weighted by Crippen LogP contribution is -2.44. The van der Waals surface area contributed by atoms with E-state index in [1.807, 2.05) is 24.0 Å². The molecule has 0 aromatic carbocycles. The molecule has 0 spiro atoms. The first-order valence-electron chi connectivity index (χ1n) is 8.16. The Balaban J connectivity index is 1.77. The number of aromatic nitrogens is 2. The lowest BCUT2D eigenvalue weighted by molar-refractivity contribution is 0.0678. The summed E-state index contributed by atoms with van der Waals surface area (Å²) in [5.41, 5.74) is 1.50. The van der Waals surface area contributed by atoms with E-state index in [4.69, 9.17) is 0 Å². The number of pyridine rings is 1. The number of rotatable bonds is 1. The maximum atomic E-state index is 13.0. The number of nitrogens with one attached hydrogen (secondary N) is 1. The zero-order valence-electron chi connectivity index (χ0n) is 13.2. The van der Waals surface area contributed by atoms with Crippen molar-refractivity contribution in [3.8, 4) is 0 Å². The summed E-state index contributed by atoms with van der Waals surface area (Å²) < 4.78 is 1.46. The second-order valence-corrected chi connectivity index (χ2v) is 6.50. The minimum Gasteiger partial charge on any atom is -0.331 e. The summed E-state index contributed by atoms with van der Waals surface area (Å²) in [7, 11) is 0. The molecule has 2 aromatic heterocycles. The van der Waals surface area contributed by atoms with Gasteiger partial charge in [0, 0.05) is 31.0 Å². The van der Waals surface area contributed by atoms with Gasteiger partial charge >= 0.3 is 0 Å². The van der Waals surface area contributed by atoms with Crippen molar-refractivity contribution in [3.05, 3.63) is 46.0 Å². The van der Waals surface area contributed by atoms with Crippen LogP contribution in [0.2, 0.25) is 0 Å². The predicted octanol–water partition coefficient (Wildman–Crippen LogP) is 0.969. The van der Waals surface area contributed by atoms with Gasteiger partial charge in [0.25, 0.3) is 11.5 Å². The van der Waals surface area contributed by atoms with Gasteiger partial charge in [-0.1, -0.05) is 0 Å². The molecular formula is C17H20N4O2. The van der Waals surface area contributed by atoms with E-state index in [2.05, 4.69) is 10.3 Å². The lowest BCUT2D eigenvalue weighted by atomic mass is 10.1. The molecule has 0 radical (unpaired) electrons. The molecule has 6 nitrogen and oxygen atoms in total. The van der Waals surface area contributed by atoms with Gasteiger partial charge in [-0.15, -0.1) is 0 Å². The Morgan fingerprint density at radius 3 is 3.00 bits per heavy atom. The first-order chi connectivity index (χ1) is 11.1. The Hall–Kier alpha value is -2.21. The fourth-order valence-electron chi connectivity index (χ4n) is 3.78. The SMILES string of the molecule is Cc1ccn2c(=O)c(C(=O)N3C4CCNCC3CC4)cnc2c1. The number of nitrogens with zero attached hydrogens (tertiary/aromatic N) is 3. The monoisotopic (exact) mass is 312 g/mol. The molecule has 2 atom stereocenters. The molecular weight excluding hydrogens is 292 g/mol. The molecule has 1 N–H and O–H groups in total. The van der Waals surface area contributed by atoms with Crippen LogP contribution < -0.4 is 10.9 Å². The third kappa shape index (κ3) is 2.34. The fourth-order valence-corrected chi connectivity index (χ4v) is 3.78. The lowest BCUT2D eigenvalue weighted by Gasteiger charge is -2.27. The molecule has 2 aliphatic heterocycles. The Kier molecular flexibility index (Phi) is 3.41. The zero-order valence-corrected chi connectivity index (χ0v) is 13.2. The molecule has 4 heterocycles. The van der Waals surface area contributed by atoms with Crippen molar-refractivity contribution in [2.75, 3.05) is 13.1 Å². The standard InChI is InChI=1S/C17H20N4O2/c1-11-5-7-20-15(8-11)19-10-14(16(20)22)17(23)21-12-2-3-13(21)9-18-6-4-12/h5,7-8,10,12-13,18H,2-4,6,9H2,1H3. The summed E-state index contributed by atoms with van der Waals surface area (Å²) in [5, 5.41) is 3.37. The minimum absolute atomic E-state index is 0.171. The maximum Gasteiger partial charge on any atom is 0.270 e. The topological polar surface area (TPSA) is 66.7 Å². The molecule has 120 valence electrons. The van der Waals surface area contributed by atoms with Crippen LogP contribution in [-0.2, 0) is 0 Å². The van der Waals surface area contributed by atoms with E-state index in [0.717, 1.165) is 37.9 Å². The molecule has 4 rings (SSSR count). The van der Waals surface area contributed by atoms with Gasteiger partial charge in [-0.3, -0.25) is 14.0 Å². The van der Waals surface area contributed by atoms with Crippen molar-refractivity contribution >= 4 is 11.6 Å².